The highest BCUT2D eigenvalue weighted by atomic mass is 32.2. The van der Waals surface area contributed by atoms with Crippen molar-refractivity contribution in [2.45, 2.75) is 31.0 Å². The Labute approximate surface area is 143 Å². The number of hydrogen-bond acceptors (Lipinski definition) is 4. The predicted octanol–water partition coefficient (Wildman–Crippen LogP) is 3.99. The molecule has 0 unspecified atom stereocenters. The van der Waals surface area contributed by atoms with Gasteiger partial charge in [0, 0.05) is 5.56 Å². The summed E-state index contributed by atoms with van der Waals surface area (Å²) in [5, 5.41) is 0. The van der Waals surface area contributed by atoms with E-state index in [4.69, 9.17) is 4.18 Å². The van der Waals surface area contributed by atoms with Gasteiger partial charge < -0.3 is 0 Å². The molecule has 0 heterocycles. The molecular weight excluding hydrogens is 357 g/mol. The van der Waals surface area contributed by atoms with E-state index in [0.29, 0.717) is 0 Å². The van der Waals surface area contributed by atoms with Gasteiger partial charge in [0.1, 0.15) is 6.10 Å². The minimum atomic E-state index is -4.52. The molecule has 0 saturated heterocycles. The smallest absolute Gasteiger partial charge is 0.291 e. The first kappa shape index (κ1) is 19.1. The van der Waals surface area contributed by atoms with Gasteiger partial charge in [-0.3, -0.25) is 8.98 Å². The molecule has 0 aromatic heterocycles. The van der Waals surface area contributed by atoms with Crippen LogP contribution in [0.1, 0.15) is 28.4 Å². The largest absolute Gasteiger partial charge is 0.416 e. The van der Waals surface area contributed by atoms with E-state index >= 15 is 0 Å². The summed E-state index contributed by atoms with van der Waals surface area (Å²) in [6, 6.07) is 9.35. The van der Waals surface area contributed by atoms with Crippen LogP contribution in [0.4, 0.5) is 13.2 Å². The van der Waals surface area contributed by atoms with E-state index in [9.17, 15) is 26.4 Å². The lowest BCUT2D eigenvalue weighted by molar-refractivity contribution is -0.137. The van der Waals surface area contributed by atoms with E-state index in [-0.39, 0.29) is 10.5 Å². The second-order valence-electron chi connectivity index (χ2n) is 5.44. The molecule has 8 heteroatoms. The molecule has 0 aliphatic rings. The molecule has 0 radical (unpaired) electrons. The highest BCUT2D eigenvalue weighted by molar-refractivity contribution is 7.86. The Balaban J connectivity index is 2.15. The van der Waals surface area contributed by atoms with Crippen molar-refractivity contribution >= 4 is 15.9 Å². The highest BCUT2D eigenvalue weighted by Gasteiger charge is 2.31. The molecule has 0 spiro atoms. The lowest BCUT2D eigenvalue weighted by atomic mass is 10.1. The number of carbonyl (C=O) groups is 1. The Kier molecular flexibility index (Phi) is 5.34. The fraction of sp³-hybridized carbons (Fsp3) is 0.235. The van der Waals surface area contributed by atoms with Crippen molar-refractivity contribution in [3.63, 3.8) is 0 Å². The second-order valence-corrected chi connectivity index (χ2v) is 7.02. The third-order valence-electron chi connectivity index (χ3n) is 3.45. The van der Waals surface area contributed by atoms with E-state index in [2.05, 4.69) is 0 Å². The number of hydrogen-bond donors (Lipinski definition) is 0. The number of alkyl halides is 3. The van der Waals surface area contributed by atoms with Gasteiger partial charge in [0.2, 0.25) is 0 Å². The molecule has 4 nitrogen and oxygen atoms in total. The van der Waals surface area contributed by atoms with Crippen LogP contribution in [-0.2, 0) is 20.5 Å². The van der Waals surface area contributed by atoms with Crippen LogP contribution in [0.2, 0.25) is 0 Å². The van der Waals surface area contributed by atoms with Crippen molar-refractivity contribution in [2.75, 3.05) is 0 Å². The molecular formula is C17H15F3O4S. The number of ketones is 1. The van der Waals surface area contributed by atoms with Crippen LogP contribution in [0.25, 0.3) is 0 Å². The molecule has 0 amide bonds. The normalized spacial score (nSPS) is 13.5. The summed E-state index contributed by atoms with van der Waals surface area (Å²) < 4.78 is 66.8. The van der Waals surface area contributed by atoms with Gasteiger partial charge in [-0.1, -0.05) is 29.8 Å². The fourth-order valence-electron chi connectivity index (χ4n) is 2.05. The number of aryl methyl sites for hydroxylation is 1. The first-order chi connectivity index (χ1) is 11.5. The van der Waals surface area contributed by atoms with Gasteiger partial charge in [0.15, 0.2) is 5.78 Å². The van der Waals surface area contributed by atoms with Crippen LogP contribution >= 0.6 is 0 Å². The summed E-state index contributed by atoms with van der Waals surface area (Å²) in [7, 11) is -4.16. The molecule has 0 N–H and O–H groups in total. The monoisotopic (exact) mass is 372 g/mol. The Morgan fingerprint density at radius 2 is 1.52 bits per heavy atom. The summed E-state index contributed by atoms with van der Waals surface area (Å²) in [5.74, 6) is -0.732. The summed E-state index contributed by atoms with van der Waals surface area (Å²) in [6.07, 6.45) is -5.89. The van der Waals surface area contributed by atoms with Crippen LogP contribution in [0.3, 0.4) is 0 Å². The Morgan fingerprint density at radius 3 is 2.00 bits per heavy atom. The Hall–Kier alpha value is -2.19. The second kappa shape index (κ2) is 6.97. The average Bonchev–Trinajstić information content (AvgIpc) is 2.53. The first-order valence-corrected chi connectivity index (χ1v) is 8.63. The summed E-state index contributed by atoms with van der Waals surface area (Å²) in [4.78, 5) is 12.1. The number of halogens is 3. The SMILES string of the molecule is Cc1ccc(S(=O)(=O)O[C@H](C)C(=O)c2ccc(C(F)(F)F)cc2)cc1. The molecule has 0 saturated carbocycles. The summed E-state index contributed by atoms with van der Waals surface area (Å²) >= 11 is 0. The van der Waals surface area contributed by atoms with Crippen molar-refractivity contribution in [1.29, 1.82) is 0 Å². The number of benzene rings is 2. The van der Waals surface area contributed by atoms with Gasteiger partial charge in [-0.2, -0.15) is 21.6 Å². The van der Waals surface area contributed by atoms with E-state index in [1.54, 1.807) is 19.1 Å². The number of Topliss-reactive ketones (excluding diaryl/α,β-unsaturated/α-hetero) is 1. The minimum absolute atomic E-state index is 0.0698. The first-order valence-electron chi connectivity index (χ1n) is 7.22. The molecule has 2 rings (SSSR count). The van der Waals surface area contributed by atoms with Crippen molar-refractivity contribution in [3.05, 3.63) is 65.2 Å². The highest BCUT2D eigenvalue weighted by Crippen LogP contribution is 2.29. The molecule has 1 atom stereocenters. The quantitative estimate of drug-likeness (QED) is 0.588. The van der Waals surface area contributed by atoms with Crippen molar-refractivity contribution in [2.24, 2.45) is 0 Å². The zero-order valence-electron chi connectivity index (χ0n) is 13.4. The molecule has 134 valence electrons. The van der Waals surface area contributed by atoms with Crippen LogP contribution < -0.4 is 0 Å². The number of carbonyl (C=O) groups excluding carboxylic acids is 1. The molecule has 0 fully saturated rings. The fourth-order valence-corrected chi connectivity index (χ4v) is 3.10. The zero-order valence-corrected chi connectivity index (χ0v) is 14.2. The lowest BCUT2D eigenvalue weighted by Crippen LogP contribution is -2.24. The van der Waals surface area contributed by atoms with Gasteiger partial charge in [-0.05, 0) is 38.1 Å². The number of rotatable bonds is 5. The summed E-state index contributed by atoms with van der Waals surface area (Å²) in [5.41, 5.74) is -0.114. The van der Waals surface area contributed by atoms with E-state index in [0.717, 1.165) is 29.8 Å². The van der Waals surface area contributed by atoms with Gasteiger partial charge in [-0.25, -0.2) is 0 Å². The van der Waals surface area contributed by atoms with E-state index < -0.39 is 33.7 Å². The molecule has 0 aliphatic heterocycles. The molecule has 25 heavy (non-hydrogen) atoms. The average molecular weight is 372 g/mol. The molecule has 0 aliphatic carbocycles. The molecule has 0 bridgehead atoms. The van der Waals surface area contributed by atoms with Crippen molar-refractivity contribution in [3.8, 4) is 0 Å². The van der Waals surface area contributed by atoms with Crippen LogP contribution in [0.15, 0.2) is 53.4 Å². The maximum Gasteiger partial charge on any atom is 0.416 e. The lowest BCUT2D eigenvalue weighted by Gasteiger charge is -2.13. The summed E-state index contributed by atoms with van der Waals surface area (Å²) in [6.45, 7) is 3.01. The van der Waals surface area contributed by atoms with Crippen LogP contribution in [-0.4, -0.2) is 20.3 Å². The molecule has 2 aromatic carbocycles. The van der Waals surface area contributed by atoms with E-state index in [1.807, 2.05) is 0 Å². The van der Waals surface area contributed by atoms with Crippen LogP contribution in [0, 0.1) is 6.92 Å². The minimum Gasteiger partial charge on any atom is -0.291 e. The van der Waals surface area contributed by atoms with E-state index in [1.165, 1.54) is 19.1 Å². The standard InChI is InChI=1S/C17H15F3O4S/c1-11-3-9-15(10-4-11)25(22,23)24-12(2)16(21)13-5-7-14(8-6-13)17(18,19)20/h3-10,12H,1-2H3/t12-/m1/s1. The zero-order chi connectivity index (χ0) is 18.8. The topological polar surface area (TPSA) is 60.4 Å². The third-order valence-corrected chi connectivity index (χ3v) is 4.84. The maximum atomic E-state index is 12.5. The van der Waals surface area contributed by atoms with Crippen molar-refractivity contribution < 1.29 is 30.6 Å². The van der Waals surface area contributed by atoms with Gasteiger partial charge in [0.25, 0.3) is 10.1 Å². The van der Waals surface area contributed by atoms with Crippen LogP contribution in [0.5, 0.6) is 0 Å². The molecule has 2 aromatic rings. The van der Waals surface area contributed by atoms with Gasteiger partial charge in [-0.15, -0.1) is 0 Å². The third kappa shape index (κ3) is 4.67. The predicted molar refractivity (Wildman–Crippen MR) is 84.7 cm³/mol. The Morgan fingerprint density at radius 1 is 1.00 bits per heavy atom. The van der Waals surface area contributed by atoms with Gasteiger partial charge in [0.05, 0.1) is 10.5 Å². The Bertz CT molecular complexity index is 854. The van der Waals surface area contributed by atoms with Crippen molar-refractivity contribution in [1.82, 2.24) is 0 Å². The van der Waals surface area contributed by atoms with Gasteiger partial charge >= 0.3 is 6.18 Å². The maximum absolute atomic E-state index is 12.5.